The molecule has 2 aromatic heterocycles. The Morgan fingerprint density at radius 3 is 2.81 bits per heavy atom. The molecule has 0 radical (unpaired) electrons. The number of hydrogen-bond acceptors (Lipinski definition) is 5. The van der Waals surface area contributed by atoms with E-state index >= 15 is 0 Å². The van der Waals surface area contributed by atoms with Crippen LogP contribution in [0, 0.1) is 13.8 Å². The first kappa shape index (κ1) is 20.9. The molecule has 0 unspecified atom stereocenters. The minimum Gasteiger partial charge on any atom is -0.489 e. The maximum absolute atomic E-state index is 12.9. The highest BCUT2D eigenvalue weighted by Crippen LogP contribution is 2.20. The number of aromatic nitrogens is 3. The molecule has 31 heavy (non-hydrogen) atoms. The van der Waals surface area contributed by atoms with E-state index in [4.69, 9.17) is 9.26 Å². The fourth-order valence-corrected chi connectivity index (χ4v) is 3.48. The SMILES string of the molecule is Cc1cccc(OCc2c(C(=O)Nc3cccc(Cn4cc(Br)cn4)c3)noc2C)c1. The molecule has 7 nitrogen and oxygen atoms in total. The van der Waals surface area contributed by atoms with Crippen LogP contribution >= 0.6 is 15.9 Å². The van der Waals surface area contributed by atoms with Crippen molar-refractivity contribution in [2.45, 2.75) is 27.0 Å². The zero-order chi connectivity index (χ0) is 21.8. The topological polar surface area (TPSA) is 82.2 Å². The van der Waals surface area contributed by atoms with E-state index in [1.807, 2.05) is 66.3 Å². The van der Waals surface area contributed by atoms with Gasteiger partial charge in [0.1, 0.15) is 18.1 Å². The fraction of sp³-hybridized carbons (Fsp3) is 0.174. The first-order valence-electron chi connectivity index (χ1n) is 9.71. The van der Waals surface area contributed by atoms with E-state index in [0.717, 1.165) is 21.3 Å². The summed E-state index contributed by atoms with van der Waals surface area (Å²) in [5.74, 6) is 0.930. The Bertz CT molecular complexity index is 1220. The molecule has 4 aromatic rings. The van der Waals surface area contributed by atoms with Gasteiger partial charge in [-0.05, 0) is 65.2 Å². The van der Waals surface area contributed by atoms with Crippen molar-refractivity contribution in [3.8, 4) is 5.75 Å². The number of aryl methyl sites for hydroxylation is 2. The van der Waals surface area contributed by atoms with Crippen molar-refractivity contribution in [2.24, 2.45) is 0 Å². The monoisotopic (exact) mass is 480 g/mol. The van der Waals surface area contributed by atoms with Gasteiger partial charge in [-0.2, -0.15) is 5.10 Å². The van der Waals surface area contributed by atoms with Crippen LogP contribution in [0.1, 0.15) is 32.9 Å². The molecule has 0 aliphatic heterocycles. The second-order valence-corrected chi connectivity index (χ2v) is 8.10. The van der Waals surface area contributed by atoms with Crippen LogP contribution in [0.5, 0.6) is 5.75 Å². The van der Waals surface area contributed by atoms with Gasteiger partial charge in [-0.3, -0.25) is 9.48 Å². The maximum atomic E-state index is 12.9. The number of hydrogen-bond donors (Lipinski definition) is 1. The van der Waals surface area contributed by atoms with Crippen molar-refractivity contribution in [1.29, 1.82) is 0 Å². The van der Waals surface area contributed by atoms with E-state index in [0.29, 0.717) is 23.6 Å². The number of anilines is 1. The molecular weight excluding hydrogens is 460 g/mol. The lowest BCUT2D eigenvalue weighted by molar-refractivity contribution is 0.101. The molecule has 0 saturated carbocycles. The molecule has 0 bridgehead atoms. The number of ether oxygens (including phenoxy) is 1. The Hall–Kier alpha value is -3.39. The predicted molar refractivity (Wildman–Crippen MR) is 120 cm³/mol. The van der Waals surface area contributed by atoms with E-state index in [9.17, 15) is 4.79 Å². The minimum atomic E-state index is -0.348. The van der Waals surface area contributed by atoms with Crippen LogP contribution in [0.2, 0.25) is 0 Å². The van der Waals surface area contributed by atoms with Crippen LogP contribution in [-0.4, -0.2) is 20.8 Å². The average Bonchev–Trinajstić information content (AvgIpc) is 3.31. The number of carbonyl (C=O) groups is 1. The summed E-state index contributed by atoms with van der Waals surface area (Å²) in [6, 6.07) is 15.3. The molecule has 0 fully saturated rings. The number of rotatable bonds is 7. The highest BCUT2D eigenvalue weighted by Gasteiger charge is 2.20. The molecule has 0 atom stereocenters. The zero-order valence-electron chi connectivity index (χ0n) is 17.1. The Morgan fingerprint density at radius 1 is 1.19 bits per heavy atom. The van der Waals surface area contributed by atoms with Gasteiger partial charge in [0.25, 0.3) is 5.91 Å². The number of halogens is 1. The molecule has 0 aliphatic rings. The number of nitrogens with zero attached hydrogens (tertiary/aromatic N) is 3. The number of amides is 1. The summed E-state index contributed by atoms with van der Waals surface area (Å²) in [4.78, 5) is 12.9. The van der Waals surface area contributed by atoms with Gasteiger partial charge in [0.2, 0.25) is 0 Å². The van der Waals surface area contributed by atoms with Gasteiger partial charge < -0.3 is 14.6 Å². The minimum absolute atomic E-state index is 0.190. The lowest BCUT2D eigenvalue weighted by atomic mass is 10.1. The molecular formula is C23H21BrN4O3. The van der Waals surface area contributed by atoms with Crippen LogP contribution in [0.15, 0.2) is 69.9 Å². The Kier molecular flexibility index (Phi) is 6.18. The smallest absolute Gasteiger partial charge is 0.278 e. The fourth-order valence-electron chi connectivity index (χ4n) is 3.15. The van der Waals surface area contributed by atoms with Crippen molar-refractivity contribution >= 4 is 27.5 Å². The molecule has 2 heterocycles. The third-order valence-corrected chi connectivity index (χ3v) is 5.11. The van der Waals surface area contributed by atoms with Crippen molar-refractivity contribution in [3.05, 3.63) is 93.5 Å². The lowest BCUT2D eigenvalue weighted by Gasteiger charge is -2.09. The summed E-state index contributed by atoms with van der Waals surface area (Å²) >= 11 is 3.39. The summed E-state index contributed by atoms with van der Waals surface area (Å²) in [5.41, 5.74) is 3.61. The highest BCUT2D eigenvalue weighted by atomic mass is 79.9. The van der Waals surface area contributed by atoms with Crippen LogP contribution in [0.25, 0.3) is 0 Å². The molecule has 0 spiro atoms. The normalized spacial score (nSPS) is 10.8. The first-order chi connectivity index (χ1) is 15.0. The molecule has 1 N–H and O–H groups in total. The molecule has 4 rings (SSSR count). The van der Waals surface area contributed by atoms with Crippen LogP contribution in [0.4, 0.5) is 5.69 Å². The van der Waals surface area contributed by atoms with Crippen molar-refractivity contribution < 1.29 is 14.1 Å². The molecule has 0 saturated heterocycles. The summed E-state index contributed by atoms with van der Waals surface area (Å²) in [7, 11) is 0. The first-order valence-corrected chi connectivity index (χ1v) is 10.5. The van der Waals surface area contributed by atoms with Gasteiger partial charge in [0, 0.05) is 11.9 Å². The molecule has 1 amide bonds. The van der Waals surface area contributed by atoms with Gasteiger partial charge in [-0.1, -0.05) is 29.4 Å². The maximum Gasteiger partial charge on any atom is 0.278 e. The largest absolute Gasteiger partial charge is 0.489 e. The van der Waals surface area contributed by atoms with E-state index < -0.39 is 0 Å². The van der Waals surface area contributed by atoms with Gasteiger partial charge in [-0.25, -0.2) is 0 Å². The number of nitrogens with one attached hydrogen (secondary N) is 1. The Labute approximate surface area is 188 Å². The van der Waals surface area contributed by atoms with Crippen molar-refractivity contribution in [1.82, 2.24) is 14.9 Å². The summed E-state index contributed by atoms with van der Waals surface area (Å²) in [5, 5.41) is 11.1. The highest BCUT2D eigenvalue weighted by molar-refractivity contribution is 9.10. The zero-order valence-corrected chi connectivity index (χ0v) is 18.7. The van der Waals surface area contributed by atoms with Crippen LogP contribution in [-0.2, 0) is 13.2 Å². The lowest BCUT2D eigenvalue weighted by Crippen LogP contribution is -2.15. The Balaban J connectivity index is 1.46. The van der Waals surface area contributed by atoms with Gasteiger partial charge in [0.15, 0.2) is 5.69 Å². The molecule has 8 heteroatoms. The van der Waals surface area contributed by atoms with E-state index in [1.165, 1.54) is 0 Å². The molecule has 2 aromatic carbocycles. The summed E-state index contributed by atoms with van der Waals surface area (Å²) < 4.78 is 13.8. The van der Waals surface area contributed by atoms with Crippen molar-refractivity contribution in [2.75, 3.05) is 5.32 Å². The van der Waals surface area contributed by atoms with Gasteiger partial charge >= 0.3 is 0 Å². The summed E-state index contributed by atoms with van der Waals surface area (Å²) in [6.07, 6.45) is 3.63. The molecule has 0 aliphatic carbocycles. The third kappa shape index (κ3) is 5.21. The van der Waals surface area contributed by atoms with Crippen LogP contribution in [0.3, 0.4) is 0 Å². The summed E-state index contributed by atoms with van der Waals surface area (Å²) in [6.45, 7) is 4.54. The van der Waals surface area contributed by atoms with Crippen LogP contribution < -0.4 is 10.1 Å². The number of benzene rings is 2. The quantitative estimate of drug-likeness (QED) is 0.396. The predicted octanol–water partition coefficient (Wildman–Crippen LogP) is 5.13. The molecule has 158 valence electrons. The average molecular weight is 481 g/mol. The van der Waals surface area contributed by atoms with Gasteiger partial charge in [0.05, 0.1) is 22.8 Å². The second-order valence-electron chi connectivity index (χ2n) is 7.18. The van der Waals surface area contributed by atoms with E-state index in [2.05, 4.69) is 31.5 Å². The Morgan fingerprint density at radius 2 is 2.03 bits per heavy atom. The van der Waals surface area contributed by atoms with E-state index in [1.54, 1.807) is 13.1 Å². The van der Waals surface area contributed by atoms with E-state index in [-0.39, 0.29) is 18.2 Å². The van der Waals surface area contributed by atoms with Gasteiger partial charge in [-0.15, -0.1) is 0 Å². The number of carbonyl (C=O) groups excluding carboxylic acids is 1. The third-order valence-electron chi connectivity index (χ3n) is 4.70. The van der Waals surface area contributed by atoms with Crippen molar-refractivity contribution in [3.63, 3.8) is 0 Å². The standard InChI is InChI=1S/C23H21BrN4O3/c1-15-5-3-8-20(9-15)30-14-21-16(2)31-27-22(21)23(29)26-19-7-4-6-17(10-19)12-28-13-18(24)11-25-28/h3-11,13H,12,14H2,1-2H3,(H,26,29). The second kappa shape index (κ2) is 9.18.